The number of hydrogen-bond donors (Lipinski definition) is 2. The maximum atomic E-state index is 12.2. The second kappa shape index (κ2) is 6.88. The number of aryl methyl sites for hydroxylation is 1. The summed E-state index contributed by atoms with van der Waals surface area (Å²) >= 11 is 0. The first-order valence-electron chi connectivity index (χ1n) is 6.61. The van der Waals surface area contributed by atoms with Gasteiger partial charge in [-0.25, -0.2) is 9.78 Å². The molecule has 2 heterocycles. The summed E-state index contributed by atoms with van der Waals surface area (Å²) in [6.45, 7) is 5.50. The zero-order chi connectivity index (χ0) is 14.9. The first-order chi connectivity index (χ1) is 9.43. The van der Waals surface area contributed by atoms with Crippen molar-refractivity contribution in [2.24, 2.45) is 14.1 Å². The van der Waals surface area contributed by atoms with Crippen LogP contribution in [-0.4, -0.2) is 31.3 Å². The summed E-state index contributed by atoms with van der Waals surface area (Å²) in [6, 6.07) is 0.461. The van der Waals surface area contributed by atoms with Gasteiger partial charge < -0.3 is 17.0 Å². The van der Waals surface area contributed by atoms with Gasteiger partial charge in [0.25, 0.3) is 5.56 Å². The molecule has 0 unspecified atom stereocenters. The molecule has 0 amide bonds. The monoisotopic (exact) mass is 316 g/mol. The Kier molecular flexibility index (Phi) is 5.70. The molecule has 0 saturated carbocycles. The van der Waals surface area contributed by atoms with Crippen LogP contribution in [0.15, 0.2) is 15.9 Å². The molecule has 2 rings (SSSR count). The van der Waals surface area contributed by atoms with Gasteiger partial charge in [0.1, 0.15) is 0 Å². The van der Waals surface area contributed by atoms with Crippen LogP contribution in [0.2, 0.25) is 0 Å². The smallest absolute Gasteiger partial charge is 0.332 e. The number of quaternary nitrogens is 1. The molecule has 9 heteroatoms. The Labute approximate surface area is 128 Å². The van der Waals surface area contributed by atoms with Crippen LogP contribution in [0.5, 0.6) is 0 Å². The van der Waals surface area contributed by atoms with Gasteiger partial charge in [-0.1, -0.05) is 0 Å². The number of nitrogens with one attached hydrogen (secondary N) is 1. The minimum absolute atomic E-state index is 0. The number of nitrogens with zero attached hydrogens (tertiary/aromatic N) is 4. The highest BCUT2D eigenvalue weighted by Gasteiger charge is 2.13. The molecule has 0 aliphatic carbocycles. The van der Waals surface area contributed by atoms with Crippen LogP contribution in [0.25, 0.3) is 11.2 Å². The topological polar surface area (TPSA) is 90.5 Å². The zero-order valence-electron chi connectivity index (χ0n) is 12.6. The van der Waals surface area contributed by atoms with E-state index in [4.69, 9.17) is 0 Å². The fourth-order valence-electron chi connectivity index (χ4n) is 2.07. The molecule has 0 aliphatic rings. The molecule has 0 fully saturated rings. The summed E-state index contributed by atoms with van der Waals surface area (Å²) in [5.74, 6) is 0. The van der Waals surface area contributed by atoms with Gasteiger partial charge in [0.05, 0.1) is 18.9 Å². The zero-order valence-corrected chi connectivity index (χ0v) is 13.4. The number of imidazole rings is 1. The first kappa shape index (κ1) is 17.4. The Morgan fingerprint density at radius 2 is 1.95 bits per heavy atom. The van der Waals surface area contributed by atoms with Crippen LogP contribution in [0, 0.1) is 0 Å². The molecule has 118 valence electrons. The van der Waals surface area contributed by atoms with E-state index < -0.39 is 0 Å². The van der Waals surface area contributed by atoms with E-state index in [1.54, 1.807) is 17.9 Å². The third kappa shape index (κ3) is 3.34. The quantitative estimate of drug-likeness (QED) is 0.328. The van der Waals surface area contributed by atoms with E-state index in [1.165, 1.54) is 11.6 Å². The average molecular weight is 317 g/mol. The highest BCUT2D eigenvalue weighted by atomic mass is 35.5. The summed E-state index contributed by atoms with van der Waals surface area (Å²) in [5, 5.41) is 0. The van der Waals surface area contributed by atoms with E-state index in [-0.39, 0.29) is 23.7 Å². The molecular formula is C12H21ClN6O2. The number of aromatic nitrogens is 4. The van der Waals surface area contributed by atoms with Crippen LogP contribution < -0.4 is 34.5 Å². The van der Waals surface area contributed by atoms with Crippen LogP contribution >= 0.6 is 0 Å². The molecule has 0 spiro atoms. The van der Waals surface area contributed by atoms with Crippen LogP contribution in [0.4, 0.5) is 0 Å². The van der Waals surface area contributed by atoms with Gasteiger partial charge in [0.2, 0.25) is 0 Å². The van der Waals surface area contributed by atoms with E-state index in [0.717, 1.165) is 4.57 Å². The molecule has 0 aromatic carbocycles. The van der Waals surface area contributed by atoms with Gasteiger partial charge in [-0.2, -0.15) is 5.43 Å². The molecule has 2 aromatic rings. The second-order valence-corrected chi connectivity index (χ2v) is 5.18. The van der Waals surface area contributed by atoms with Crippen LogP contribution in [0.3, 0.4) is 0 Å². The Balaban J connectivity index is 0.00000220. The highest BCUT2D eigenvalue weighted by molar-refractivity contribution is 5.69. The summed E-state index contributed by atoms with van der Waals surface area (Å²) < 4.78 is 4.27. The van der Waals surface area contributed by atoms with Crippen LogP contribution in [0.1, 0.15) is 13.8 Å². The summed E-state index contributed by atoms with van der Waals surface area (Å²) in [7, 11) is 3.10. The number of nitrogens with two attached hydrogens (primary N) is 1. The van der Waals surface area contributed by atoms with Crippen molar-refractivity contribution < 1.29 is 17.8 Å². The molecule has 21 heavy (non-hydrogen) atoms. The van der Waals surface area contributed by atoms with Gasteiger partial charge in [-0.3, -0.25) is 19.4 Å². The van der Waals surface area contributed by atoms with E-state index in [9.17, 15) is 9.59 Å². The maximum Gasteiger partial charge on any atom is 0.332 e. The average Bonchev–Trinajstić information content (AvgIpc) is 2.82. The van der Waals surface area contributed by atoms with Gasteiger partial charge in [-0.05, 0) is 13.8 Å². The fraction of sp³-hybridized carbons (Fsp3) is 0.583. The molecule has 0 saturated heterocycles. The minimum atomic E-state index is -0.362. The molecule has 0 radical (unpaired) electrons. The van der Waals surface area contributed by atoms with Crippen molar-refractivity contribution in [3.63, 3.8) is 0 Å². The van der Waals surface area contributed by atoms with Crippen molar-refractivity contribution in [3.8, 4) is 0 Å². The predicted molar refractivity (Wildman–Crippen MR) is 75.3 cm³/mol. The molecule has 3 N–H and O–H groups in total. The van der Waals surface area contributed by atoms with Crippen molar-refractivity contribution >= 4 is 11.2 Å². The Hall–Kier alpha value is -1.64. The van der Waals surface area contributed by atoms with Gasteiger partial charge in [0, 0.05) is 20.6 Å². The van der Waals surface area contributed by atoms with E-state index in [0.29, 0.717) is 30.3 Å². The Morgan fingerprint density at radius 3 is 2.57 bits per heavy atom. The molecule has 2 aromatic heterocycles. The van der Waals surface area contributed by atoms with Gasteiger partial charge in [-0.15, -0.1) is 0 Å². The molecule has 0 bridgehead atoms. The predicted octanol–water partition coefficient (Wildman–Crippen LogP) is -5.09. The Morgan fingerprint density at radius 1 is 1.29 bits per heavy atom. The van der Waals surface area contributed by atoms with Gasteiger partial charge >= 0.3 is 5.69 Å². The standard InChI is InChI=1S/C12H20N6O2.ClH/c1-8(2)15-14-5-6-18-7-13-10-9(18)11(19)17(4)12(20)16(10)3;/h7-8,14-15H,5-6H2,1-4H3;1H. The van der Waals surface area contributed by atoms with E-state index in [2.05, 4.69) is 24.3 Å². The number of hydrogen-bond acceptors (Lipinski definition) is 4. The van der Waals surface area contributed by atoms with Crippen molar-refractivity contribution in [1.82, 2.24) is 24.1 Å². The number of fused-ring (bicyclic) bond motifs is 1. The summed E-state index contributed by atoms with van der Waals surface area (Å²) in [4.78, 5) is 28.2. The second-order valence-electron chi connectivity index (χ2n) is 5.18. The summed E-state index contributed by atoms with van der Waals surface area (Å²) in [5.41, 5.74) is 5.41. The SMILES string of the molecule is CC(C)[NH2+]NCCn1cnc2c1c(=O)n(C)c(=O)n2C.[Cl-]. The van der Waals surface area contributed by atoms with Gasteiger partial charge in [0.15, 0.2) is 11.2 Å². The molecule has 0 atom stereocenters. The lowest BCUT2D eigenvalue weighted by Gasteiger charge is -2.08. The highest BCUT2D eigenvalue weighted by Crippen LogP contribution is 2.04. The largest absolute Gasteiger partial charge is 1.00 e. The first-order valence-corrected chi connectivity index (χ1v) is 6.61. The third-order valence-corrected chi connectivity index (χ3v) is 3.17. The minimum Gasteiger partial charge on any atom is -1.00 e. The third-order valence-electron chi connectivity index (χ3n) is 3.17. The Bertz CT molecular complexity index is 730. The van der Waals surface area contributed by atoms with Crippen molar-refractivity contribution in [3.05, 3.63) is 27.2 Å². The molecule has 0 aliphatic heterocycles. The van der Waals surface area contributed by atoms with Crippen molar-refractivity contribution in [1.29, 1.82) is 0 Å². The molecular weight excluding hydrogens is 296 g/mol. The lowest BCUT2D eigenvalue weighted by molar-refractivity contribution is -0.736. The van der Waals surface area contributed by atoms with Crippen molar-refractivity contribution in [2.75, 3.05) is 6.54 Å². The number of halogens is 1. The number of rotatable bonds is 5. The van der Waals surface area contributed by atoms with E-state index >= 15 is 0 Å². The lowest BCUT2D eigenvalue weighted by Crippen LogP contribution is -3.00. The molecule has 8 nitrogen and oxygen atoms in total. The van der Waals surface area contributed by atoms with E-state index in [1.807, 2.05) is 5.43 Å². The van der Waals surface area contributed by atoms with Crippen LogP contribution in [-0.2, 0) is 20.6 Å². The summed E-state index contributed by atoms with van der Waals surface area (Å²) in [6.07, 6.45) is 1.60. The maximum absolute atomic E-state index is 12.2. The lowest BCUT2D eigenvalue weighted by atomic mass is 10.4. The fourth-order valence-corrected chi connectivity index (χ4v) is 2.07. The van der Waals surface area contributed by atoms with Crippen molar-refractivity contribution in [2.45, 2.75) is 26.4 Å². The normalized spacial score (nSPS) is 11.1.